The van der Waals surface area contributed by atoms with Gasteiger partial charge in [-0.05, 0) is 26.3 Å². The van der Waals surface area contributed by atoms with Crippen LogP contribution in [0, 0.1) is 0 Å². The Morgan fingerprint density at radius 1 is 1.65 bits per heavy atom. The molecule has 112 valence electrons. The number of hydrogen-bond acceptors (Lipinski definition) is 4. The van der Waals surface area contributed by atoms with Gasteiger partial charge in [-0.3, -0.25) is 9.48 Å². The van der Waals surface area contributed by atoms with Crippen LogP contribution in [-0.2, 0) is 16.6 Å². The van der Waals surface area contributed by atoms with Gasteiger partial charge in [0.2, 0.25) is 5.91 Å². The predicted molar refractivity (Wildman–Crippen MR) is 76.2 cm³/mol. The highest BCUT2D eigenvalue weighted by atomic mass is 16.5. The Labute approximate surface area is 120 Å². The van der Waals surface area contributed by atoms with E-state index in [0.717, 1.165) is 25.0 Å². The second kappa shape index (κ2) is 6.85. The number of likely N-dealkylation sites (N-methyl/N-ethyl adjacent to an activating group) is 2. The van der Waals surface area contributed by atoms with E-state index in [1.54, 1.807) is 22.8 Å². The molecule has 2 heterocycles. The number of nitrogens with one attached hydrogen (secondary N) is 1. The van der Waals surface area contributed by atoms with E-state index in [1.807, 2.05) is 20.3 Å². The fraction of sp³-hybridized carbons (Fsp3) is 0.714. The molecule has 20 heavy (non-hydrogen) atoms. The number of hydrogen-bond donors (Lipinski definition) is 1. The maximum Gasteiger partial charge on any atom is 0.244 e. The fourth-order valence-electron chi connectivity index (χ4n) is 2.59. The summed E-state index contributed by atoms with van der Waals surface area (Å²) in [7, 11) is 5.47. The molecule has 1 aliphatic heterocycles. The quantitative estimate of drug-likeness (QED) is 0.863. The minimum Gasteiger partial charge on any atom is -0.376 e. The first kappa shape index (κ1) is 15.0. The van der Waals surface area contributed by atoms with Gasteiger partial charge >= 0.3 is 0 Å². The third kappa shape index (κ3) is 3.58. The van der Waals surface area contributed by atoms with Crippen molar-refractivity contribution in [2.75, 3.05) is 27.2 Å². The summed E-state index contributed by atoms with van der Waals surface area (Å²) < 4.78 is 7.40. The smallest absolute Gasteiger partial charge is 0.244 e. The summed E-state index contributed by atoms with van der Waals surface area (Å²) in [5.74, 6) is 0.0506. The number of carbonyl (C=O) groups is 1. The first-order chi connectivity index (χ1) is 9.61. The molecule has 0 bridgehead atoms. The first-order valence-corrected chi connectivity index (χ1v) is 7.14. The molecule has 1 aromatic rings. The first-order valence-electron chi connectivity index (χ1n) is 7.14. The minimum atomic E-state index is -0.350. The van der Waals surface area contributed by atoms with Crippen LogP contribution in [0.4, 0.5) is 0 Å². The number of rotatable bonds is 5. The molecule has 0 saturated carbocycles. The summed E-state index contributed by atoms with van der Waals surface area (Å²) in [6, 6.07) is -0.350. The number of amides is 1. The molecule has 2 rings (SSSR count). The molecule has 0 aromatic carbocycles. The Hall–Kier alpha value is -1.40. The standard InChI is InChI=1S/C14H24N4O2/c1-15-13(11-8-16-18(3)9-11)14(19)17(2)10-12-6-4-5-7-20-12/h8-9,12-13,15H,4-7,10H2,1-3H3. The number of carbonyl (C=O) groups excluding carboxylic acids is 1. The van der Waals surface area contributed by atoms with E-state index in [2.05, 4.69) is 10.4 Å². The van der Waals surface area contributed by atoms with E-state index in [1.165, 1.54) is 6.42 Å². The summed E-state index contributed by atoms with van der Waals surface area (Å²) in [5.41, 5.74) is 0.886. The minimum absolute atomic E-state index is 0.0506. The molecule has 0 aliphatic carbocycles. The number of ether oxygens (including phenoxy) is 1. The molecule has 1 fully saturated rings. The molecule has 1 N–H and O–H groups in total. The van der Waals surface area contributed by atoms with Gasteiger partial charge in [-0.25, -0.2) is 0 Å². The van der Waals surface area contributed by atoms with Crippen molar-refractivity contribution in [1.82, 2.24) is 20.0 Å². The van der Waals surface area contributed by atoms with Gasteiger partial charge in [-0.15, -0.1) is 0 Å². The van der Waals surface area contributed by atoms with Crippen molar-refractivity contribution in [2.45, 2.75) is 31.4 Å². The molecule has 0 radical (unpaired) electrons. The lowest BCUT2D eigenvalue weighted by Crippen LogP contribution is -2.42. The molecular formula is C14H24N4O2. The van der Waals surface area contributed by atoms with Crippen LogP contribution in [0.3, 0.4) is 0 Å². The van der Waals surface area contributed by atoms with Gasteiger partial charge in [0.15, 0.2) is 0 Å². The Balaban J connectivity index is 1.96. The van der Waals surface area contributed by atoms with E-state index < -0.39 is 0 Å². The molecule has 2 unspecified atom stereocenters. The predicted octanol–water partition coefficient (Wildman–Crippen LogP) is 0.708. The van der Waals surface area contributed by atoms with Crippen molar-refractivity contribution in [3.8, 4) is 0 Å². The molecular weight excluding hydrogens is 256 g/mol. The monoisotopic (exact) mass is 280 g/mol. The van der Waals surface area contributed by atoms with Crippen molar-refractivity contribution in [3.05, 3.63) is 18.0 Å². The molecule has 2 atom stereocenters. The second-order valence-electron chi connectivity index (χ2n) is 5.38. The van der Waals surface area contributed by atoms with Crippen LogP contribution in [0.5, 0.6) is 0 Å². The lowest BCUT2D eigenvalue weighted by molar-refractivity contribution is -0.134. The van der Waals surface area contributed by atoms with Crippen molar-refractivity contribution in [3.63, 3.8) is 0 Å². The van der Waals surface area contributed by atoms with E-state index in [4.69, 9.17) is 4.74 Å². The van der Waals surface area contributed by atoms with Gasteiger partial charge in [0.25, 0.3) is 0 Å². The summed E-state index contributed by atoms with van der Waals surface area (Å²) in [5, 5.41) is 7.19. The van der Waals surface area contributed by atoms with E-state index in [0.29, 0.717) is 6.54 Å². The normalized spacial score (nSPS) is 20.6. The third-order valence-electron chi connectivity index (χ3n) is 3.72. The van der Waals surface area contributed by atoms with Crippen molar-refractivity contribution >= 4 is 5.91 Å². The van der Waals surface area contributed by atoms with Gasteiger partial charge in [-0.1, -0.05) is 0 Å². The molecule has 6 heteroatoms. The van der Waals surface area contributed by atoms with Crippen molar-refractivity contribution in [1.29, 1.82) is 0 Å². The van der Waals surface area contributed by atoms with Crippen LogP contribution in [-0.4, -0.2) is 53.9 Å². The molecule has 1 aliphatic rings. The summed E-state index contributed by atoms with van der Waals surface area (Å²) in [6.45, 7) is 1.46. The fourth-order valence-corrected chi connectivity index (χ4v) is 2.59. The Morgan fingerprint density at radius 3 is 3.00 bits per heavy atom. The zero-order valence-corrected chi connectivity index (χ0v) is 12.5. The third-order valence-corrected chi connectivity index (χ3v) is 3.72. The maximum absolute atomic E-state index is 12.5. The van der Waals surface area contributed by atoms with Gasteiger partial charge in [0.1, 0.15) is 6.04 Å². The van der Waals surface area contributed by atoms with Crippen LogP contribution in [0.15, 0.2) is 12.4 Å². The summed E-state index contributed by atoms with van der Waals surface area (Å²) in [6.07, 6.45) is 7.11. The zero-order chi connectivity index (χ0) is 14.5. The van der Waals surface area contributed by atoms with Crippen LogP contribution in [0.25, 0.3) is 0 Å². The van der Waals surface area contributed by atoms with E-state index in [9.17, 15) is 4.79 Å². The number of aryl methyl sites for hydroxylation is 1. The highest BCUT2D eigenvalue weighted by Gasteiger charge is 2.26. The molecule has 1 saturated heterocycles. The van der Waals surface area contributed by atoms with Gasteiger partial charge in [0.05, 0.1) is 12.3 Å². The average molecular weight is 280 g/mol. The molecule has 1 aromatic heterocycles. The van der Waals surface area contributed by atoms with E-state index in [-0.39, 0.29) is 18.1 Å². The Kier molecular flexibility index (Phi) is 5.14. The van der Waals surface area contributed by atoms with Crippen LogP contribution >= 0.6 is 0 Å². The largest absolute Gasteiger partial charge is 0.376 e. The summed E-state index contributed by atoms with van der Waals surface area (Å²) in [4.78, 5) is 14.3. The van der Waals surface area contributed by atoms with Gasteiger partial charge < -0.3 is 15.0 Å². The molecule has 1 amide bonds. The van der Waals surface area contributed by atoms with Crippen molar-refractivity contribution in [2.24, 2.45) is 7.05 Å². The Bertz CT molecular complexity index is 440. The number of nitrogens with zero attached hydrogens (tertiary/aromatic N) is 3. The van der Waals surface area contributed by atoms with Gasteiger partial charge in [0, 0.05) is 39.0 Å². The highest BCUT2D eigenvalue weighted by molar-refractivity contribution is 5.83. The highest BCUT2D eigenvalue weighted by Crippen LogP contribution is 2.17. The van der Waals surface area contributed by atoms with Crippen molar-refractivity contribution < 1.29 is 9.53 Å². The lowest BCUT2D eigenvalue weighted by Gasteiger charge is -2.29. The second-order valence-corrected chi connectivity index (χ2v) is 5.38. The number of aromatic nitrogens is 2. The summed E-state index contributed by atoms with van der Waals surface area (Å²) >= 11 is 0. The van der Waals surface area contributed by atoms with Crippen LogP contribution in [0.1, 0.15) is 30.9 Å². The van der Waals surface area contributed by atoms with Crippen LogP contribution in [0.2, 0.25) is 0 Å². The average Bonchev–Trinajstić information content (AvgIpc) is 2.87. The topological polar surface area (TPSA) is 59.4 Å². The Morgan fingerprint density at radius 2 is 2.45 bits per heavy atom. The zero-order valence-electron chi connectivity index (χ0n) is 12.5. The maximum atomic E-state index is 12.5. The molecule has 6 nitrogen and oxygen atoms in total. The van der Waals surface area contributed by atoms with Crippen LogP contribution < -0.4 is 5.32 Å². The van der Waals surface area contributed by atoms with E-state index >= 15 is 0 Å². The van der Waals surface area contributed by atoms with Gasteiger partial charge in [-0.2, -0.15) is 5.10 Å². The molecule has 0 spiro atoms. The lowest BCUT2D eigenvalue weighted by atomic mass is 10.1. The SMILES string of the molecule is CNC(C(=O)N(C)CC1CCCCO1)c1cnn(C)c1.